The number of aromatic nitrogens is 2. The summed E-state index contributed by atoms with van der Waals surface area (Å²) in [4.78, 5) is 4.13. The van der Waals surface area contributed by atoms with Crippen LogP contribution in [0.1, 0.15) is 24.7 Å². The molecule has 0 aliphatic rings. The lowest BCUT2D eigenvalue weighted by atomic mass is 10.1. The van der Waals surface area contributed by atoms with Gasteiger partial charge in [0.15, 0.2) is 5.82 Å². The molecule has 0 saturated carbocycles. The van der Waals surface area contributed by atoms with E-state index in [2.05, 4.69) is 15.5 Å². The van der Waals surface area contributed by atoms with Crippen LogP contribution in [0.3, 0.4) is 0 Å². The van der Waals surface area contributed by atoms with Gasteiger partial charge in [0.25, 0.3) is 0 Å². The van der Waals surface area contributed by atoms with Crippen molar-refractivity contribution in [3.63, 3.8) is 0 Å². The molecule has 1 N–H and O–H groups in total. The third kappa shape index (κ3) is 3.03. The van der Waals surface area contributed by atoms with Crippen molar-refractivity contribution in [3.8, 4) is 0 Å². The maximum absolute atomic E-state index is 13.4. The molecule has 0 radical (unpaired) electrons. The molecule has 1 heterocycles. The Balaban J connectivity index is 2.04. The van der Waals surface area contributed by atoms with Gasteiger partial charge in [0.2, 0.25) is 0 Å². The summed E-state index contributed by atoms with van der Waals surface area (Å²) in [5.74, 6) is 0.231. The van der Waals surface area contributed by atoms with Crippen LogP contribution in [0.4, 0.5) is 10.4 Å². The minimum Gasteiger partial charge on any atom is -0.338 e. The molecule has 0 aliphatic heterocycles. The van der Waals surface area contributed by atoms with Crippen molar-refractivity contribution in [1.29, 1.82) is 0 Å². The Labute approximate surface area is 98.8 Å². The van der Waals surface area contributed by atoms with Gasteiger partial charge in [-0.1, -0.05) is 30.3 Å². The fraction of sp³-hybridized carbons (Fsp3) is 0.333. The Morgan fingerprint density at radius 3 is 2.94 bits per heavy atom. The second-order valence-corrected chi connectivity index (χ2v) is 3.71. The summed E-state index contributed by atoms with van der Waals surface area (Å²) in [6.07, 6.45) is 1.31. The smallest absolute Gasteiger partial charge is 0.321 e. The topological polar surface area (TPSA) is 51.0 Å². The van der Waals surface area contributed by atoms with Crippen LogP contribution in [0.5, 0.6) is 0 Å². The highest BCUT2D eigenvalue weighted by Crippen LogP contribution is 2.12. The number of hydrogen-bond acceptors (Lipinski definition) is 4. The van der Waals surface area contributed by atoms with E-state index in [1.807, 2.05) is 6.92 Å². The van der Waals surface area contributed by atoms with Gasteiger partial charge in [-0.15, -0.1) is 0 Å². The molecule has 0 spiro atoms. The monoisotopic (exact) mass is 235 g/mol. The molecule has 1 aromatic heterocycles. The quantitative estimate of drug-likeness (QED) is 0.865. The number of anilines is 1. The van der Waals surface area contributed by atoms with Crippen LogP contribution < -0.4 is 5.32 Å². The van der Waals surface area contributed by atoms with Crippen molar-refractivity contribution in [2.24, 2.45) is 0 Å². The van der Waals surface area contributed by atoms with Crippen molar-refractivity contribution >= 4 is 6.01 Å². The number of rotatable bonds is 5. The molecule has 0 atom stereocenters. The largest absolute Gasteiger partial charge is 0.338 e. The van der Waals surface area contributed by atoms with Crippen LogP contribution >= 0.6 is 0 Å². The first kappa shape index (κ1) is 11.6. The van der Waals surface area contributed by atoms with E-state index >= 15 is 0 Å². The Kier molecular flexibility index (Phi) is 3.69. The highest BCUT2D eigenvalue weighted by Gasteiger charge is 2.08. The van der Waals surface area contributed by atoms with E-state index in [0.717, 1.165) is 13.0 Å². The number of nitrogens with zero attached hydrogens (tertiary/aromatic N) is 2. The van der Waals surface area contributed by atoms with Crippen LogP contribution in [0.2, 0.25) is 0 Å². The molecule has 2 rings (SSSR count). The summed E-state index contributed by atoms with van der Waals surface area (Å²) in [6, 6.07) is 6.97. The number of halogens is 1. The van der Waals surface area contributed by atoms with E-state index in [4.69, 9.17) is 4.52 Å². The zero-order valence-corrected chi connectivity index (χ0v) is 9.61. The number of benzene rings is 1. The van der Waals surface area contributed by atoms with Crippen molar-refractivity contribution < 1.29 is 8.91 Å². The molecular formula is C12H14FN3O. The first-order chi connectivity index (χ1) is 8.29. The van der Waals surface area contributed by atoms with Gasteiger partial charge in [-0.2, -0.15) is 4.98 Å². The van der Waals surface area contributed by atoms with Gasteiger partial charge in [-0.25, -0.2) is 4.39 Å². The normalized spacial score (nSPS) is 10.5. The number of hydrogen-bond donors (Lipinski definition) is 1. The highest BCUT2D eigenvalue weighted by atomic mass is 19.1. The minimum absolute atomic E-state index is 0.250. The summed E-state index contributed by atoms with van der Waals surface area (Å²) in [7, 11) is 0. The zero-order valence-electron chi connectivity index (χ0n) is 9.61. The molecule has 5 heteroatoms. The minimum atomic E-state index is -0.250. The molecule has 0 amide bonds. The van der Waals surface area contributed by atoms with Crippen molar-refractivity contribution in [1.82, 2.24) is 10.1 Å². The summed E-state index contributed by atoms with van der Waals surface area (Å²) in [5.41, 5.74) is 0.565. The molecule has 0 saturated heterocycles. The van der Waals surface area contributed by atoms with Crippen LogP contribution in [-0.2, 0) is 6.42 Å². The van der Waals surface area contributed by atoms with E-state index in [0.29, 0.717) is 23.8 Å². The lowest BCUT2D eigenvalue weighted by Gasteiger charge is -1.97. The Hall–Kier alpha value is -1.91. The first-order valence-corrected chi connectivity index (χ1v) is 5.59. The molecule has 0 fully saturated rings. The third-order valence-electron chi connectivity index (χ3n) is 2.30. The van der Waals surface area contributed by atoms with Gasteiger partial charge in [-0.05, 0) is 18.1 Å². The van der Waals surface area contributed by atoms with E-state index in [-0.39, 0.29) is 5.82 Å². The molecular weight excluding hydrogens is 221 g/mol. The zero-order chi connectivity index (χ0) is 12.1. The molecule has 0 bridgehead atoms. The summed E-state index contributed by atoms with van der Waals surface area (Å²) in [5, 5.41) is 6.77. The molecule has 17 heavy (non-hydrogen) atoms. The summed E-state index contributed by atoms with van der Waals surface area (Å²) >= 11 is 0. The van der Waals surface area contributed by atoms with Gasteiger partial charge in [0.05, 0.1) is 0 Å². The molecule has 2 aromatic rings. The fourth-order valence-corrected chi connectivity index (χ4v) is 1.44. The average Bonchev–Trinajstić information content (AvgIpc) is 2.77. The van der Waals surface area contributed by atoms with Gasteiger partial charge < -0.3 is 9.84 Å². The second kappa shape index (κ2) is 5.43. The van der Waals surface area contributed by atoms with E-state index < -0.39 is 0 Å². The Morgan fingerprint density at radius 2 is 2.18 bits per heavy atom. The SMILES string of the molecule is CCCNc1nc(Cc2ccccc2F)no1. The standard InChI is InChI=1S/C12H14FN3O/c1-2-7-14-12-15-11(16-17-12)8-9-5-3-4-6-10(9)13/h3-6H,2,7-8H2,1H3,(H,14,15,16). The average molecular weight is 235 g/mol. The maximum Gasteiger partial charge on any atom is 0.321 e. The fourth-order valence-electron chi connectivity index (χ4n) is 1.44. The van der Waals surface area contributed by atoms with Crippen molar-refractivity contribution in [2.45, 2.75) is 19.8 Å². The van der Waals surface area contributed by atoms with E-state index in [1.165, 1.54) is 6.07 Å². The van der Waals surface area contributed by atoms with Crippen molar-refractivity contribution in [2.75, 3.05) is 11.9 Å². The van der Waals surface area contributed by atoms with Gasteiger partial charge in [0, 0.05) is 13.0 Å². The van der Waals surface area contributed by atoms with Crippen LogP contribution in [0.15, 0.2) is 28.8 Å². The van der Waals surface area contributed by atoms with Crippen LogP contribution in [0, 0.1) is 5.82 Å². The first-order valence-electron chi connectivity index (χ1n) is 5.59. The third-order valence-corrected chi connectivity index (χ3v) is 2.30. The van der Waals surface area contributed by atoms with Crippen molar-refractivity contribution in [3.05, 3.63) is 41.5 Å². The number of nitrogens with one attached hydrogen (secondary N) is 1. The van der Waals surface area contributed by atoms with Crippen LogP contribution in [0.25, 0.3) is 0 Å². The summed E-state index contributed by atoms with van der Waals surface area (Å²) < 4.78 is 18.4. The molecule has 0 aliphatic carbocycles. The molecule has 90 valence electrons. The maximum atomic E-state index is 13.4. The van der Waals surface area contributed by atoms with Gasteiger partial charge in [0.1, 0.15) is 5.82 Å². The molecule has 0 unspecified atom stereocenters. The molecule has 1 aromatic carbocycles. The van der Waals surface area contributed by atoms with E-state index in [9.17, 15) is 4.39 Å². The predicted octanol–water partition coefficient (Wildman–Crippen LogP) is 2.62. The van der Waals surface area contributed by atoms with Gasteiger partial charge >= 0.3 is 6.01 Å². The summed E-state index contributed by atoms with van der Waals surface area (Å²) in [6.45, 7) is 2.82. The highest BCUT2D eigenvalue weighted by molar-refractivity contribution is 5.23. The van der Waals surface area contributed by atoms with Crippen LogP contribution in [-0.4, -0.2) is 16.7 Å². The molecule has 4 nitrogen and oxygen atoms in total. The lowest BCUT2D eigenvalue weighted by Crippen LogP contribution is -2.00. The Morgan fingerprint density at radius 1 is 1.35 bits per heavy atom. The Bertz CT molecular complexity index is 484. The lowest BCUT2D eigenvalue weighted by molar-refractivity contribution is 0.423. The van der Waals surface area contributed by atoms with E-state index in [1.54, 1.807) is 18.2 Å². The van der Waals surface area contributed by atoms with Gasteiger partial charge in [-0.3, -0.25) is 0 Å². The second-order valence-electron chi connectivity index (χ2n) is 3.71. The predicted molar refractivity (Wildman–Crippen MR) is 62.3 cm³/mol.